The first-order valence-corrected chi connectivity index (χ1v) is 12.5. The molecule has 11 heteroatoms. The zero-order chi connectivity index (χ0) is 20.4. The molecule has 0 unspecified atom stereocenters. The van der Waals surface area contributed by atoms with Gasteiger partial charge >= 0.3 is 5.97 Å². The number of likely N-dealkylation sites (N-methyl/N-ethyl adjacent to an activating group) is 1. The van der Waals surface area contributed by atoms with Gasteiger partial charge in [0.25, 0.3) is 0 Å². The van der Waals surface area contributed by atoms with Crippen molar-refractivity contribution in [2.45, 2.75) is 6.42 Å². The number of carboxylic acid groups (broad SMARTS) is 1. The fourth-order valence-corrected chi connectivity index (χ4v) is 4.43. The van der Waals surface area contributed by atoms with E-state index in [1.54, 1.807) is 18.8 Å². The molecule has 0 aromatic carbocycles. The number of hydrogen-bond donors (Lipinski definition) is 2. The van der Waals surface area contributed by atoms with Gasteiger partial charge in [-0.05, 0) is 7.05 Å². The predicted octanol–water partition coefficient (Wildman–Crippen LogP) is 0.521. The molecule has 27 heavy (non-hydrogen) atoms. The number of ether oxygens (including phenoxy) is 3. The van der Waals surface area contributed by atoms with Gasteiger partial charge in [-0.3, -0.25) is 4.79 Å². The molecule has 0 aromatic rings. The number of thiol groups is 1. The second kappa shape index (κ2) is 18.0. The molecule has 0 aliphatic carbocycles. The molecule has 0 fully saturated rings. The van der Waals surface area contributed by atoms with Gasteiger partial charge in [-0.2, -0.15) is 24.4 Å². The molecule has 0 amide bonds. The lowest BCUT2D eigenvalue weighted by molar-refractivity contribution is -0.137. The van der Waals surface area contributed by atoms with Crippen LogP contribution < -0.4 is 0 Å². The van der Waals surface area contributed by atoms with Gasteiger partial charge in [0.1, 0.15) is 0 Å². The summed E-state index contributed by atoms with van der Waals surface area (Å²) in [6.07, 6.45) is 0.0808. The third-order valence-electron chi connectivity index (χ3n) is 3.38. The molecule has 0 bridgehead atoms. The normalized spacial score (nSPS) is 12.0. The maximum Gasteiger partial charge on any atom is 0.304 e. The van der Waals surface area contributed by atoms with Gasteiger partial charge in [0.2, 0.25) is 0 Å². The van der Waals surface area contributed by atoms with Gasteiger partial charge in [0.15, 0.2) is 9.84 Å². The van der Waals surface area contributed by atoms with E-state index in [9.17, 15) is 13.2 Å². The van der Waals surface area contributed by atoms with E-state index >= 15 is 0 Å². The Morgan fingerprint density at radius 3 is 2.30 bits per heavy atom. The summed E-state index contributed by atoms with van der Waals surface area (Å²) in [5.74, 6) is 1.28. The highest BCUT2D eigenvalue weighted by molar-refractivity contribution is 8.00. The van der Waals surface area contributed by atoms with Crippen molar-refractivity contribution in [3.63, 3.8) is 0 Å². The quantitative estimate of drug-likeness (QED) is 0.204. The molecule has 8 nitrogen and oxygen atoms in total. The first-order chi connectivity index (χ1) is 12.9. The van der Waals surface area contributed by atoms with Crippen molar-refractivity contribution >= 4 is 40.2 Å². The molecule has 1 N–H and O–H groups in total. The van der Waals surface area contributed by atoms with Crippen LogP contribution in [0, 0.1) is 0 Å². The van der Waals surface area contributed by atoms with Crippen molar-refractivity contribution in [1.29, 1.82) is 0 Å². The third-order valence-corrected chi connectivity index (χ3v) is 6.39. The van der Waals surface area contributed by atoms with Crippen LogP contribution in [0.5, 0.6) is 0 Å². The molecular weight excluding hydrogens is 414 g/mol. The third kappa shape index (κ3) is 20.5. The highest BCUT2D eigenvalue weighted by Gasteiger charge is 2.10. The van der Waals surface area contributed by atoms with Gasteiger partial charge in [-0.25, -0.2) is 8.42 Å². The van der Waals surface area contributed by atoms with Crippen LogP contribution in [0.25, 0.3) is 0 Å². The monoisotopic (exact) mass is 447 g/mol. The SMILES string of the molecule is CN(CCOCCS(=O)(=O)CCSCCOCCOCCS)CCC(=O)O. The Hall–Kier alpha value is -0.0400. The highest BCUT2D eigenvalue weighted by atomic mass is 32.2. The van der Waals surface area contributed by atoms with Crippen molar-refractivity contribution in [3.8, 4) is 0 Å². The summed E-state index contributed by atoms with van der Waals surface area (Å²) in [6, 6.07) is 0. The van der Waals surface area contributed by atoms with Gasteiger partial charge in [-0.1, -0.05) is 0 Å². The van der Waals surface area contributed by atoms with E-state index in [1.165, 1.54) is 0 Å². The van der Waals surface area contributed by atoms with Crippen LogP contribution in [0.3, 0.4) is 0 Å². The second-order valence-corrected chi connectivity index (χ2v) is 9.75. The highest BCUT2D eigenvalue weighted by Crippen LogP contribution is 2.03. The van der Waals surface area contributed by atoms with Gasteiger partial charge in [-0.15, -0.1) is 0 Å². The maximum atomic E-state index is 11.9. The molecule has 0 aliphatic rings. The largest absolute Gasteiger partial charge is 0.481 e. The van der Waals surface area contributed by atoms with Gasteiger partial charge in [0, 0.05) is 30.3 Å². The fraction of sp³-hybridized carbons (Fsp3) is 0.938. The molecule has 0 heterocycles. The molecule has 0 atom stereocenters. The molecule has 0 saturated heterocycles. The topological polar surface area (TPSA) is 102 Å². The molecule has 162 valence electrons. The van der Waals surface area contributed by atoms with Crippen LogP contribution in [0.15, 0.2) is 0 Å². The second-order valence-electron chi connectivity index (χ2n) is 5.77. The van der Waals surface area contributed by atoms with Crippen LogP contribution >= 0.6 is 24.4 Å². The van der Waals surface area contributed by atoms with Crippen molar-refractivity contribution in [3.05, 3.63) is 0 Å². The van der Waals surface area contributed by atoms with E-state index in [2.05, 4.69) is 12.6 Å². The average Bonchev–Trinajstić information content (AvgIpc) is 2.61. The zero-order valence-electron chi connectivity index (χ0n) is 16.0. The van der Waals surface area contributed by atoms with Crippen LogP contribution in [-0.4, -0.2) is 113 Å². The molecule has 0 saturated carbocycles. The van der Waals surface area contributed by atoms with E-state index in [1.807, 2.05) is 4.90 Å². The number of thioether (sulfide) groups is 1. The minimum Gasteiger partial charge on any atom is -0.481 e. The zero-order valence-corrected chi connectivity index (χ0v) is 18.5. The van der Waals surface area contributed by atoms with E-state index in [-0.39, 0.29) is 24.5 Å². The number of aliphatic carboxylic acids is 1. The van der Waals surface area contributed by atoms with Crippen LogP contribution in [0.4, 0.5) is 0 Å². The average molecular weight is 448 g/mol. The summed E-state index contributed by atoms with van der Waals surface area (Å²) >= 11 is 5.58. The molecule has 0 rings (SSSR count). The van der Waals surface area contributed by atoms with E-state index in [0.717, 1.165) is 5.75 Å². The number of carboxylic acids is 1. The number of hydrogen-bond acceptors (Lipinski definition) is 9. The first kappa shape index (κ1) is 27.0. The lowest BCUT2D eigenvalue weighted by Gasteiger charge is -2.15. The fourth-order valence-electron chi connectivity index (χ4n) is 1.80. The Morgan fingerprint density at radius 2 is 1.63 bits per heavy atom. The number of nitrogens with zero attached hydrogens (tertiary/aromatic N) is 1. The summed E-state index contributed by atoms with van der Waals surface area (Å²) in [7, 11) is -1.31. The lowest BCUT2D eigenvalue weighted by atomic mass is 10.4. The van der Waals surface area contributed by atoms with E-state index in [0.29, 0.717) is 57.6 Å². The smallest absolute Gasteiger partial charge is 0.304 e. The number of rotatable bonds is 20. The Bertz CT molecular complexity index is 463. The van der Waals surface area contributed by atoms with Crippen LogP contribution in [0.1, 0.15) is 6.42 Å². The van der Waals surface area contributed by atoms with Crippen molar-refractivity contribution in [1.82, 2.24) is 4.90 Å². The van der Waals surface area contributed by atoms with Crippen LogP contribution in [0.2, 0.25) is 0 Å². The standard InChI is InChI=1S/C16H33NO7S3/c1-17(3-2-16(18)19)4-5-22-10-14-27(20,21)15-13-26-12-9-24-7-6-23-8-11-25/h25H,2-15H2,1H3,(H,18,19). The van der Waals surface area contributed by atoms with Crippen molar-refractivity contribution < 1.29 is 32.5 Å². The summed E-state index contributed by atoms with van der Waals surface area (Å²) < 4.78 is 39.8. The first-order valence-electron chi connectivity index (χ1n) is 8.90. The summed E-state index contributed by atoms with van der Waals surface area (Å²) in [4.78, 5) is 12.3. The molecule has 0 aromatic heterocycles. The number of carbonyl (C=O) groups is 1. The van der Waals surface area contributed by atoms with Crippen molar-refractivity contribution in [2.75, 3.05) is 88.5 Å². The Balaban J connectivity index is 3.49. The van der Waals surface area contributed by atoms with Gasteiger partial charge < -0.3 is 24.2 Å². The molecule has 0 aliphatic heterocycles. The lowest BCUT2D eigenvalue weighted by Crippen LogP contribution is -2.26. The van der Waals surface area contributed by atoms with Crippen molar-refractivity contribution in [2.24, 2.45) is 0 Å². The summed E-state index contributed by atoms with van der Waals surface area (Å²) in [5, 5.41) is 8.59. The molecular formula is C16H33NO7S3. The Labute approximate surface area is 172 Å². The Morgan fingerprint density at radius 1 is 0.963 bits per heavy atom. The van der Waals surface area contributed by atoms with Crippen LogP contribution in [-0.2, 0) is 28.8 Å². The predicted molar refractivity (Wildman–Crippen MR) is 112 cm³/mol. The summed E-state index contributed by atoms with van der Waals surface area (Å²) in [5.41, 5.74) is 0. The Kier molecular flexibility index (Phi) is 18.0. The summed E-state index contributed by atoms with van der Waals surface area (Å²) in [6.45, 7) is 3.84. The molecule has 0 radical (unpaired) electrons. The minimum absolute atomic E-state index is 0.00534. The van der Waals surface area contributed by atoms with E-state index < -0.39 is 15.8 Å². The molecule has 0 spiro atoms. The maximum absolute atomic E-state index is 11.9. The van der Waals surface area contributed by atoms with E-state index in [4.69, 9.17) is 19.3 Å². The number of sulfone groups is 1. The van der Waals surface area contributed by atoms with Gasteiger partial charge in [0.05, 0.1) is 57.6 Å². The minimum atomic E-state index is -3.12.